The lowest BCUT2D eigenvalue weighted by Gasteiger charge is -2.10. The number of amides is 1. The van der Waals surface area contributed by atoms with Crippen molar-refractivity contribution >= 4 is 28.3 Å². The fourth-order valence-corrected chi connectivity index (χ4v) is 3.98. The summed E-state index contributed by atoms with van der Waals surface area (Å²) in [5.41, 5.74) is 0.956. The number of halogens is 1. The highest BCUT2D eigenvalue weighted by Crippen LogP contribution is 2.24. The number of carbonyl (C=O) groups is 1. The highest BCUT2D eigenvalue weighted by molar-refractivity contribution is 7.84. The Hall–Kier alpha value is -2.77. The summed E-state index contributed by atoms with van der Waals surface area (Å²) in [6.45, 7) is 0.411. The molecule has 0 aliphatic carbocycles. The molecule has 0 radical (unpaired) electrons. The number of hydrogen-bond donors (Lipinski definition) is 1. The molecule has 30 heavy (non-hydrogen) atoms. The highest BCUT2D eigenvalue weighted by Gasteiger charge is 2.14. The molecule has 0 spiro atoms. The number of benzene rings is 2. The van der Waals surface area contributed by atoms with E-state index in [1.807, 2.05) is 12.1 Å². The van der Waals surface area contributed by atoms with Crippen molar-refractivity contribution in [3.05, 3.63) is 76.7 Å². The second-order valence-electron chi connectivity index (χ2n) is 6.39. The van der Waals surface area contributed by atoms with Gasteiger partial charge in [0, 0.05) is 22.5 Å². The highest BCUT2D eigenvalue weighted by atomic mass is 35.5. The van der Waals surface area contributed by atoms with Gasteiger partial charge >= 0.3 is 0 Å². The molecule has 0 aliphatic rings. The van der Waals surface area contributed by atoms with Crippen LogP contribution >= 0.6 is 11.6 Å². The van der Waals surface area contributed by atoms with E-state index in [0.29, 0.717) is 40.1 Å². The van der Waals surface area contributed by atoms with Gasteiger partial charge < -0.3 is 19.2 Å². The van der Waals surface area contributed by atoms with Crippen LogP contribution in [0, 0.1) is 0 Å². The normalized spacial score (nSPS) is 11.7. The second kappa shape index (κ2) is 10.3. The molecule has 1 unspecified atom stereocenters. The quantitative estimate of drug-likeness (QED) is 0.531. The van der Waals surface area contributed by atoms with Gasteiger partial charge in [-0.3, -0.25) is 9.00 Å². The van der Waals surface area contributed by atoms with Crippen molar-refractivity contribution < 1.29 is 22.9 Å². The zero-order valence-corrected chi connectivity index (χ0v) is 18.2. The van der Waals surface area contributed by atoms with Gasteiger partial charge in [-0.05, 0) is 54.4 Å². The summed E-state index contributed by atoms with van der Waals surface area (Å²) in [4.78, 5) is 13.0. The van der Waals surface area contributed by atoms with Crippen molar-refractivity contribution in [2.75, 3.05) is 20.8 Å². The maximum atomic E-state index is 12.4. The zero-order valence-electron chi connectivity index (χ0n) is 16.6. The Morgan fingerprint density at radius 1 is 1.07 bits per heavy atom. The monoisotopic (exact) mass is 447 g/mol. The van der Waals surface area contributed by atoms with Crippen LogP contribution < -0.4 is 14.8 Å². The first kappa shape index (κ1) is 21.9. The van der Waals surface area contributed by atoms with Crippen LogP contribution in [0.2, 0.25) is 5.02 Å². The van der Waals surface area contributed by atoms with Gasteiger partial charge in [0.25, 0.3) is 5.91 Å². The lowest BCUT2D eigenvalue weighted by atomic mass is 10.1. The number of nitrogens with one attached hydrogen (secondary N) is 1. The third-order valence-corrected chi connectivity index (χ3v) is 6.01. The fraction of sp³-hybridized carbons (Fsp3) is 0.227. The van der Waals surface area contributed by atoms with E-state index in [0.717, 1.165) is 5.56 Å². The number of hydrogen-bond acceptors (Lipinski definition) is 5. The van der Waals surface area contributed by atoms with Crippen LogP contribution in [0.4, 0.5) is 0 Å². The van der Waals surface area contributed by atoms with E-state index in [-0.39, 0.29) is 17.4 Å². The number of rotatable bonds is 9. The third kappa shape index (κ3) is 5.64. The summed E-state index contributed by atoms with van der Waals surface area (Å²) in [5, 5.41) is 3.41. The molecule has 0 bridgehead atoms. The largest absolute Gasteiger partial charge is 0.497 e. The van der Waals surface area contributed by atoms with Crippen LogP contribution in [0.3, 0.4) is 0 Å². The van der Waals surface area contributed by atoms with Gasteiger partial charge in [-0.2, -0.15) is 0 Å². The number of furan rings is 1. The van der Waals surface area contributed by atoms with Crippen LogP contribution in [0.25, 0.3) is 0 Å². The average molecular weight is 448 g/mol. The standard InChI is InChI=1S/C22H22ClNO5S/c1-27-17-6-3-15(21(13-17)28-2)11-12-24-22(25)20-10-7-18(29-20)14-30(26)19-8-4-16(23)5-9-19/h3-10,13H,11-12,14H2,1-2H3,(H,24,25). The first-order chi connectivity index (χ1) is 14.5. The molecule has 0 saturated heterocycles. The average Bonchev–Trinajstić information content (AvgIpc) is 3.22. The van der Waals surface area contributed by atoms with Crippen molar-refractivity contribution in [1.29, 1.82) is 0 Å². The predicted octanol–water partition coefficient (Wildman–Crippen LogP) is 4.23. The minimum atomic E-state index is -1.29. The molecule has 1 amide bonds. The Morgan fingerprint density at radius 3 is 2.53 bits per heavy atom. The van der Waals surface area contributed by atoms with Crippen LogP contribution in [0.15, 0.2) is 63.9 Å². The first-order valence-electron chi connectivity index (χ1n) is 9.22. The molecule has 158 valence electrons. The molecule has 0 aliphatic heterocycles. The van der Waals surface area contributed by atoms with Gasteiger partial charge in [0.05, 0.1) is 30.8 Å². The summed E-state index contributed by atoms with van der Waals surface area (Å²) in [6.07, 6.45) is 0.590. The minimum Gasteiger partial charge on any atom is -0.497 e. The Labute approximate surface area is 182 Å². The molecule has 0 fully saturated rings. The van der Waals surface area contributed by atoms with E-state index in [1.165, 1.54) is 0 Å². The van der Waals surface area contributed by atoms with Gasteiger partial charge in [0.15, 0.2) is 5.76 Å². The molecule has 3 aromatic rings. The maximum absolute atomic E-state index is 12.4. The van der Waals surface area contributed by atoms with E-state index >= 15 is 0 Å². The van der Waals surface area contributed by atoms with E-state index in [9.17, 15) is 9.00 Å². The van der Waals surface area contributed by atoms with E-state index < -0.39 is 10.8 Å². The molecule has 1 aromatic heterocycles. The summed E-state index contributed by atoms with van der Waals surface area (Å²) in [7, 11) is 1.90. The molecule has 3 rings (SSSR count). The molecular formula is C22H22ClNO5S. The van der Waals surface area contributed by atoms with Crippen molar-refractivity contribution in [3.63, 3.8) is 0 Å². The van der Waals surface area contributed by atoms with Gasteiger partial charge in [0.1, 0.15) is 17.3 Å². The maximum Gasteiger partial charge on any atom is 0.287 e. The summed E-state index contributed by atoms with van der Waals surface area (Å²) < 4.78 is 28.5. The van der Waals surface area contributed by atoms with Crippen molar-refractivity contribution in [2.24, 2.45) is 0 Å². The van der Waals surface area contributed by atoms with E-state index in [4.69, 9.17) is 25.5 Å². The first-order valence-corrected chi connectivity index (χ1v) is 10.9. The Kier molecular flexibility index (Phi) is 7.54. The molecule has 1 heterocycles. The van der Waals surface area contributed by atoms with Crippen molar-refractivity contribution in [1.82, 2.24) is 5.32 Å². The van der Waals surface area contributed by atoms with Crippen molar-refractivity contribution in [3.8, 4) is 11.5 Å². The summed E-state index contributed by atoms with van der Waals surface area (Å²) >= 11 is 5.85. The molecule has 0 saturated carbocycles. The third-order valence-electron chi connectivity index (χ3n) is 4.41. The summed E-state index contributed by atoms with van der Waals surface area (Å²) in [5.74, 6) is 1.92. The SMILES string of the molecule is COc1ccc(CCNC(=O)c2ccc(CS(=O)c3ccc(Cl)cc3)o2)c(OC)c1. The lowest BCUT2D eigenvalue weighted by Crippen LogP contribution is -2.25. The zero-order chi connectivity index (χ0) is 21.5. The second-order valence-corrected chi connectivity index (χ2v) is 8.28. The fourth-order valence-electron chi connectivity index (χ4n) is 2.83. The molecule has 6 nitrogen and oxygen atoms in total. The van der Waals surface area contributed by atoms with Gasteiger partial charge in [-0.25, -0.2) is 0 Å². The molecule has 1 atom stereocenters. The number of ether oxygens (including phenoxy) is 2. The summed E-state index contributed by atoms with van der Waals surface area (Å²) in [6, 6.07) is 15.6. The van der Waals surface area contributed by atoms with Crippen molar-refractivity contribution in [2.45, 2.75) is 17.1 Å². The molecule has 2 aromatic carbocycles. The Morgan fingerprint density at radius 2 is 1.83 bits per heavy atom. The van der Waals surface area contributed by atoms with Crippen LogP contribution in [0.5, 0.6) is 11.5 Å². The van der Waals surface area contributed by atoms with Crippen LogP contribution in [-0.2, 0) is 23.0 Å². The Balaban J connectivity index is 1.54. The topological polar surface area (TPSA) is 77.8 Å². The van der Waals surface area contributed by atoms with E-state index in [2.05, 4.69) is 5.32 Å². The predicted molar refractivity (Wildman–Crippen MR) is 116 cm³/mol. The van der Waals surface area contributed by atoms with Gasteiger partial charge in [-0.15, -0.1) is 0 Å². The van der Waals surface area contributed by atoms with Gasteiger partial charge in [-0.1, -0.05) is 17.7 Å². The minimum absolute atomic E-state index is 0.179. The van der Waals surface area contributed by atoms with Crippen LogP contribution in [0.1, 0.15) is 21.9 Å². The van der Waals surface area contributed by atoms with Gasteiger partial charge in [0.2, 0.25) is 0 Å². The number of carbonyl (C=O) groups excluding carboxylic acids is 1. The molecular weight excluding hydrogens is 426 g/mol. The smallest absolute Gasteiger partial charge is 0.287 e. The lowest BCUT2D eigenvalue weighted by molar-refractivity contribution is 0.0925. The molecule has 8 heteroatoms. The number of methoxy groups -OCH3 is 2. The Bertz CT molecular complexity index is 1030. The van der Waals surface area contributed by atoms with Crippen LogP contribution in [-0.4, -0.2) is 30.9 Å². The molecule has 1 N–H and O–H groups in total. The van der Waals surface area contributed by atoms with E-state index in [1.54, 1.807) is 56.7 Å².